The van der Waals surface area contributed by atoms with Crippen LogP contribution in [-0.4, -0.2) is 4.98 Å². The number of rotatable bonds is 2. The number of pyridine rings is 1. The first-order valence-electron chi connectivity index (χ1n) is 4.43. The predicted molar refractivity (Wildman–Crippen MR) is 50.2 cm³/mol. The van der Waals surface area contributed by atoms with E-state index in [1.54, 1.807) is 0 Å². The molecule has 0 saturated heterocycles. The quantitative estimate of drug-likeness (QED) is 0.639. The largest absolute Gasteiger partial charge is 0.260 e. The van der Waals surface area contributed by atoms with Crippen molar-refractivity contribution in [3.63, 3.8) is 0 Å². The third-order valence-corrected chi connectivity index (χ3v) is 3.11. The van der Waals surface area contributed by atoms with Gasteiger partial charge in [0.25, 0.3) is 0 Å². The van der Waals surface area contributed by atoms with E-state index in [1.165, 1.54) is 19.3 Å². The van der Waals surface area contributed by atoms with Crippen molar-refractivity contribution in [2.75, 3.05) is 0 Å². The van der Waals surface area contributed by atoms with Crippen molar-refractivity contribution in [2.24, 2.45) is 5.92 Å². The van der Waals surface area contributed by atoms with Crippen LogP contribution >= 0.6 is 11.6 Å². The third-order valence-electron chi connectivity index (χ3n) is 2.53. The number of hydrogen-bond donors (Lipinski definition) is 0. The predicted octanol–water partition coefficient (Wildman–Crippen LogP) is 3.16. The van der Waals surface area contributed by atoms with E-state index in [0.29, 0.717) is 5.92 Å². The molecule has 1 aliphatic carbocycles. The van der Waals surface area contributed by atoms with Crippen LogP contribution in [0.3, 0.4) is 0 Å². The minimum Gasteiger partial charge on any atom is -0.260 e. The summed E-state index contributed by atoms with van der Waals surface area (Å²) >= 11 is 6.25. The van der Waals surface area contributed by atoms with Gasteiger partial charge in [0.05, 0.1) is 11.1 Å². The van der Waals surface area contributed by atoms with E-state index in [4.69, 9.17) is 11.6 Å². The highest BCUT2D eigenvalue weighted by Gasteiger charge is 2.27. The van der Waals surface area contributed by atoms with Crippen LogP contribution in [0.15, 0.2) is 24.4 Å². The molecule has 1 nitrogen and oxygen atoms in total. The Kier molecular flexibility index (Phi) is 2.31. The van der Waals surface area contributed by atoms with Crippen molar-refractivity contribution in [1.82, 2.24) is 4.98 Å². The fraction of sp³-hybridized carbons (Fsp3) is 0.500. The van der Waals surface area contributed by atoms with Gasteiger partial charge in [-0.05, 0) is 30.9 Å². The summed E-state index contributed by atoms with van der Waals surface area (Å²) < 4.78 is 0. The Bertz CT molecular complexity index is 243. The molecule has 2 heteroatoms. The standard InChI is InChI=1S/C10H12ClN/c11-10(8-4-3-5-8)9-6-1-2-7-12-9/h1-2,6-8,10H,3-5H2. The smallest absolute Gasteiger partial charge is 0.0785 e. The summed E-state index contributed by atoms with van der Waals surface area (Å²) in [6, 6.07) is 5.93. The summed E-state index contributed by atoms with van der Waals surface area (Å²) in [5.74, 6) is 0.668. The molecule has 0 bridgehead atoms. The Morgan fingerprint density at radius 1 is 1.42 bits per heavy atom. The van der Waals surface area contributed by atoms with Crippen LogP contribution in [0.1, 0.15) is 30.3 Å². The van der Waals surface area contributed by atoms with Gasteiger partial charge in [-0.25, -0.2) is 0 Å². The number of aromatic nitrogens is 1. The molecule has 12 heavy (non-hydrogen) atoms. The van der Waals surface area contributed by atoms with Gasteiger partial charge in [0.2, 0.25) is 0 Å². The van der Waals surface area contributed by atoms with Crippen molar-refractivity contribution in [3.8, 4) is 0 Å². The van der Waals surface area contributed by atoms with Gasteiger partial charge in [-0.3, -0.25) is 4.98 Å². The molecule has 2 rings (SSSR count). The summed E-state index contributed by atoms with van der Waals surface area (Å²) in [6.45, 7) is 0. The van der Waals surface area contributed by atoms with Gasteiger partial charge >= 0.3 is 0 Å². The van der Waals surface area contributed by atoms with Crippen molar-refractivity contribution in [3.05, 3.63) is 30.1 Å². The van der Waals surface area contributed by atoms with Crippen LogP contribution < -0.4 is 0 Å². The maximum Gasteiger partial charge on any atom is 0.0785 e. The second-order valence-corrected chi connectivity index (χ2v) is 3.82. The summed E-state index contributed by atoms with van der Waals surface area (Å²) in [5.41, 5.74) is 1.03. The molecule has 1 aliphatic rings. The van der Waals surface area contributed by atoms with Crippen LogP contribution in [0.4, 0.5) is 0 Å². The van der Waals surface area contributed by atoms with Crippen LogP contribution in [0.25, 0.3) is 0 Å². The number of nitrogens with zero attached hydrogens (tertiary/aromatic N) is 1. The lowest BCUT2D eigenvalue weighted by atomic mass is 9.81. The van der Waals surface area contributed by atoms with Gasteiger partial charge in [0.1, 0.15) is 0 Å². The molecule has 1 fully saturated rings. The lowest BCUT2D eigenvalue weighted by Crippen LogP contribution is -2.17. The van der Waals surface area contributed by atoms with E-state index < -0.39 is 0 Å². The second-order valence-electron chi connectivity index (χ2n) is 3.35. The second kappa shape index (κ2) is 3.44. The molecule has 0 aliphatic heterocycles. The van der Waals surface area contributed by atoms with E-state index >= 15 is 0 Å². The van der Waals surface area contributed by atoms with Crippen LogP contribution in [-0.2, 0) is 0 Å². The van der Waals surface area contributed by atoms with Crippen molar-refractivity contribution in [2.45, 2.75) is 24.6 Å². The van der Waals surface area contributed by atoms with Crippen molar-refractivity contribution in [1.29, 1.82) is 0 Å². The van der Waals surface area contributed by atoms with E-state index in [1.807, 2.05) is 24.4 Å². The number of hydrogen-bond acceptors (Lipinski definition) is 1. The zero-order valence-corrected chi connectivity index (χ0v) is 7.67. The molecule has 1 aromatic heterocycles. The highest BCUT2D eigenvalue weighted by atomic mass is 35.5. The molecule has 0 amide bonds. The lowest BCUT2D eigenvalue weighted by Gasteiger charge is -2.29. The van der Waals surface area contributed by atoms with E-state index in [-0.39, 0.29) is 5.38 Å². The van der Waals surface area contributed by atoms with Gasteiger partial charge in [-0.15, -0.1) is 11.6 Å². The van der Waals surface area contributed by atoms with Gasteiger partial charge in [0.15, 0.2) is 0 Å². The molecular weight excluding hydrogens is 170 g/mol. The molecule has 1 aromatic rings. The third kappa shape index (κ3) is 1.46. The molecule has 1 saturated carbocycles. The van der Waals surface area contributed by atoms with Crippen LogP contribution in [0, 0.1) is 5.92 Å². The number of halogens is 1. The fourth-order valence-corrected chi connectivity index (χ4v) is 1.89. The van der Waals surface area contributed by atoms with Crippen LogP contribution in [0.2, 0.25) is 0 Å². The van der Waals surface area contributed by atoms with Crippen molar-refractivity contribution >= 4 is 11.6 Å². The first kappa shape index (κ1) is 8.06. The van der Waals surface area contributed by atoms with Crippen LogP contribution in [0.5, 0.6) is 0 Å². The molecule has 1 unspecified atom stereocenters. The Morgan fingerprint density at radius 2 is 2.25 bits per heavy atom. The number of alkyl halides is 1. The SMILES string of the molecule is ClC(c1ccccn1)C1CCC1. The molecule has 0 N–H and O–H groups in total. The summed E-state index contributed by atoms with van der Waals surface area (Å²) in [7, 11) is 0. The monoisotopic (exact) mass is 181 g/mol. The first-order chi connectivity index (χ1) is 5.88. The molecule has 1 atom stereocenters. The van der Waals surface area contributed by atoms with Gasteiger partial charge < -0.3 is 0 Å². The van der Waals surface area contributed by atoms with E-state index in [2.05, 4.69) is 4.98 Å². The molecule has 1 heterocycles. The van der Waals surface area contributed by atoms with E-state index in [9.17, 15) is 0 Å². The minimum atomic E-state index is 0.139. The first-order valence-corrected chi connectivity index (χ1v) is 4.86. The average Bonchev–Trinajstić information content (AvgIpc) is 2.03. The summed E-state index contributed by atoms with van der Waals surface area (Å²) in [6.07, 6.45) is 5.68. The zero-order valence-electron chi connectivity index (χ0n) is 6.91. The topological polar surface area (TPSA) is 12.9 Å². The Morgan fingerprint density at radius 3 is 2.75 bits per heavy atom. The molecule has 0 aromatic carbocycles. The molecule has 0 radical (unpaired) electrons. The summed E-state index contributed by atoms with van der Waals surface area (Å²) in [4.78, 5) is 4.25. The molecular formula is C10H12ClN. The summed E-state index contributed by atoms with van der Waals surface area (Å²) in [5, 5.41) is 0.139. The highest BCUT2D eigenvalue weighted by molar-refractivity contribution is 6.20. The maximum atomic E-state index is 6.25. The Hall–Kier alpha value is -0.560. The lowest BCUT2D eigenvalue weighted by molar-refractivity contribution is 0.303. The zero-order chi connectivity index (χ0) is 8.39. The Balaban J connectivity index is 2.08. The van der Waals surface area contributed by atoms with Gasteiger partial charge in [-0.1, -0.05) is 12.5 Å². The molecule has 64 valence electrons. The van der Waals surface area contributed by atoms with Crippen molar-refractivity contribution < 1.29 is 0 Å². The average molecular weight is 182 g/mol. The maximum absolute atomic E-state index is 6.25. The minimum absolute atomic E-state index is 0.139. The van der Waals surface area contributed by atoms with E-state index in [0.717, 1.165) is 5.69 Å². The molecule has 0 spiro atoms. The van der Waals surface area contributed by atoms with Gasteiger partial charge in [0, 0.05) is 6.20 Å². The van der Waals surface area contributed by atoms with Gasteiger partial charge in [-0.2, -0.15) is 0 Å². The fourth-order valence-electron chi connectivity index (χ4n) is 1.51. The Labute approximate surface area is 77.8 Å². The normalized spacial score (nSPS) is 20.1. The highest BCUT2D eigenvalue weighted by Crippen LogP contribution is 2.40.